The molecule has 0 amide bonds. The molecule has 0 radical (unpaired) electrons. The van der Waals surface area contributed by atoms with Crippen molar-refractivity contribution in [2.24, 2.45) is 0 Å². The molecule has 0 heterocycles. The Labute approximate surface area is 164 Å². The van der Waals surface area contributed by atoms with Gasteiger partial charge < -0.3 is 0 Å². The molecule has 3 nitrogen and oxygen atoms in total. The standard InChI is InChI=1S/C23H20FNO2S/c1-28(26,27)25-18-8-4-6-16(14-18)15-22-19-9-3-2-7-17(19)12-13-21-20(22)10-5-11-23(21)24/h2-11,14-15,25H,12-13H2,1H3/b22-15-. The van der Waals surface area contributed by atoms with E-state index < -0.39 is 10.0 Å². The molecule has 1 aliphatic rings. The summed E-state index contributed by atoms with van der Waals surface area (Å²) in [6.07, 6.45) is 4.54. The first kappa shape index (κ1) is 18.4. The third kappa shape index (κ3) is 3.85. The maximum absolute atomic E-state index is 14.5. The Hall–Kier alpha value is -2.92. The lowest BCUT2D eigenvalue weighted by Gasteiger charge is -2.13. The van der Waals surface area contributed by atoms with Crippen LogP contribution >= 0.6 is 0 Å². The van der Waals surface area contributed by atoms with E-state index >= 15 is 0 Å². The summed E-state index contributed by atoms with van der Waals surface area (Å²) in [6.45, 7) is 0. The van der Waals surface area contributed by atoms with E-state index in [-0.39, 0.29) is 5.82 Å². The Bertz CT molecular complexity index is 1180. The number of anilines is 1. The minimum atomic E-state index is -3.36. The zero-order valence-corrected chi connectivity index (χ0v) is 16.3. The summed E-state index contributed by atoms with van der Waals surface area (Å²) in [5.41, 5.74) is 6.14. The summed E-state index contributed by atoms with van der Waals surface area (Å²) in [6, 6.07) is 20.5. The van der Waals surface area contributed by atoms with E-state index in [0.717, 1.165) is 40.5 Å². The molecule has 0 saturated heterocycles. The second-order valence-electron chi connectivity index (χ2n) is 6.98. The predicted molar refractivity (Wildman–Crippen MR) is 112 cm³/mol. The first-order valence-electron chi connectivity index (χ1n) is 9.06. The van der Waals surface area contributed by atoms with Gasteiger partial charge in [-0.1, -0.05) is 48.5 Å². The second kappa shape index (κ2) is 7.24. The van der Waals surface area contributed by atoms with Crippen LogP contribution in [0, 0.1) is 5.82 Å². The molecule has 28 heavy (non-hydrogen) atoms. The Morgan fingerprint density at radius 3 is 2.50 bits per heavy atom. The van der Waals surface area contributed by atoms with Gasteiger partial charge in [-0.25, -0.2) is 12.8 Å². The lowest BCUT2D eigenvalue weighted by Crippen LogP contribution is -2.09. The van der Waals surface area contributed by atoms with Gasteiger partial charge >= 0.3 is 0 Å². The minimum Gasteiger partial charge on any atom is -0.284 e. The van der Waals surface area contributed by atoms with Crippen molar-refractivity contribution in [3.8, 4) is 0 Å². The average molecular weight is 393 g/mol. The molecule has 0 fully saturated rings. The monoisotopic (exact) mass is 393 g/mol. The van der Waals surface area contributed by atoms with E-state index in [1.807, 2.05) is 30.3 Å². The maximum atomic E-state index is 14.5. The van der Waals surface area contributed by atoms with Crippen molar-refractivity contribution in [1.29, 1.82) is 0 Å². The van der Waals surface area contributed by atoms with Crippen LogP contribution in [0.2, 0.25) is 0 Å². The highest BCUT2D eigenvalue weighted by Gasteiger charge is 2.20. The second-order valence-corrected chi connectivity index (χ2v) is 8.73. The van der Waals surface area contributed by atoms with Gasteiger partial charge in [-0.2, -0.15) is 0 Å². The van der Waals surface area contributed by atoms with Gasteiger partial charge in [0, 0.05) is 5.69 Å². The molecule has 1 aliphatic carbocycles. The number of aryl methyl sites for hydroxylation is 1. The summed E-state index contributed by atoms with van der Waals surface area (Å²) < 4.78 is 40.1. The van der Waals surface area contributed by atoms with Crippen LogP contribution in [0.15, 0.2) is 66.7 Å². The minimum absolute atomic E-state index is 0.191. The fourth-order valence-electron chi connectivity index (χ4n) is 3.70. The third-order valence-electron chi connectivity index (χ3n) is 4.86. The number of hydrogen-bond donors (Lipinski definition) is 1. The van der Waals surface area contributed by atoms with Crippen molar-refractivity contribution in [3.05, 3.63) is 100 Å². The molecular formula is C23H20FNO2S. The number of nitrogens with one attached hydrogen (secondary N) is 1. The summed E-state index contributed by atoms with van der Waals surface area (Å²) >= 11 is 0. The largest absolute Gasteiger partial charge is 0.284 e. The maximum Gasteiger partial charge on any atom is 0.229 e. The number of rotatable bonds is 3. The molecule has 3 aromatic rings. The molecule has 0 spiro atoms. The van der Waals surface area contributed by atoms with Crippen LogP contribution in [0.3, 0.4) is 0 Å². The molecule has 0 unspecified atom stereocenters. The highest BCUT2D eigenvalue weighted by molar-refractivity contribution is 7.92. The average Bonchev–Trinajstić information content (AvgIpc) is 2.79. The fourth-order valence-corrected chi connectivity index (χ4v) is 4.25. The number of benzene rings is 3. The molecule has 0 atom stereocenters. The van der Waals surface area contributed by atoms with Crippen LogP contribution in [0.4, 0.5) is 10.1 Å². The molecule has 0 aliphatic heterocycles. The molecule has 3 aromatic carbocycles. The van der Waals surface area contributed by atoms with Gasteiger partial charge in [0.2, 0.25) is 10.0 Å². The summed E-state index contributed by atoms with van der Waals surface area (Å²) in [5, 5.41) is 0. The number of sulfonamides is 1. The van der Waals surface area contributed by atoms with E-state index in [2.05, 4.69) is 16.9 Å². The van der Waals surface area contributed by atoms with Crippen LogP contribution < -0.4 is 4.72 Å². The fraction of sp³-hybridized carbons (Fsp3) is 0.130. The molecule has 0 saturated carbocycles. The van der Waals surface area contributed by atoms with Crippen molar-refractivity contribution < 1.29 is 12.8 Å². The van der Waals surface area contributed by atoms with Crippen LogP contribution in [0.25, 0.3) is 11.6 Å². The van der Waals surface area contributed by atoms with Gasteiger partial charge in [0.05, 0.1) is 6.26 Å². The first-order valence-corrected chi connectivity index (χ1v) is 11.0. The van der Waals surface area contributed by atoms with E-state index in [1.165, 1.54) is 11.6 Å². The van der Waals surface area contributed by atoms with E-state index in [0.29, 0.717) is 12.1 Å². The van der Waals surface area contributed by atoms with E-state index in [4.69, 9.17) is 0 Å². The van der Waals surface area contributed by atoms with Gasteiger partial charge in [-0.15, -0.1) is 0 Å². The zero-order chi connectivity index (χ0) is 19.7. The molecule has 5 heteroatoms. The highest BCUT2D eigenvalue weighted by atomic mass is 32.2. The molecule has 1 N–H and O–H groups in total. The lowest BCUT2D eigenvalue weighted by molar-refractivity contribution is 0.606. The molecule has 4 rings (SSSR count). The van der Waals surface area contributed by atoms with Crippen molar-refractivity contribution in [2.45, 2.75) is 12.8 Å². The van der Waals surface area contributed by atoms with Crippen LogP contribution in [0.1, 0.15) is 27.8 Å². The summed E-state index contributed by atoms with van der Waals surface area (Å²) in [7, 11) is -3.36. The zero-order valence-electron chi connectivity index (χ0n) is 15.4. The normalized spacial score (nSPS) is 14.9. The van der Waals surface area contributed by atoms with Crippen molar-refractivity contribution in [3.63, 3.8) is 0 Å². The van der Waals surface area contributed by atoms with Crippen LogP contribution in [-0.2, 0) is 22.9 Å². The topological polar surface area (TPSA) is 46.2 Å². The first-order chi connectivity index (χ1) is 13.4. The Balaban J connectivity index is 1.89. The van der Waals surface area contributed by atoms with E-state index in [1.54, 1.807) is 24.3 Å². The molecule has 142 valence electrons. The number of halogens is 1. The Morgan fingerprint density at radius 2 is 1.68 bits per heavy atom. The van der Waals surface area contributed by atoms with Crippen molar-refractivity contribution >= 4 is 27.4 Å². The molecular weight excluding hydrogens is 373 g/mol. The van der Waals surface area contributed by atoms with Crippen LogP contribution in [-0.4, -0.2) is 14.7 Å². The number of hydrogen-bond acceptors (Lipinski definition) is 2. The van der Waals surface area contributed by atoms with Gasteiger partial charge in [0.25, 0.3) is 0 Å². The summed E-state index contributed by atoms with van der Waals surface area (Å²) in [5.74, 6) is -0.191. The molecule has 0 bridgehead atoms. The molecule has 0 aromatic heterocycles. The SMILES string of the molecule is CS(=O)(=O)Nc1cccc(/C=C2/c3ccccc3CCc3c(F)cccc32)c1. The van der Waals surface area contributed by atoms with E-state index in [9.17, 15) is 12.8 Å². The van der Waals surface area contributed by atoms with Crippen molar-refractivity contribution in [1.82, 2.24) is 0 Å². The van der Waals surface area contributed by atoms with Gasteiger partial charge in [-0.05, 0) is 70.5 Å². The Morgan fingerprint density at radius 1 is 0.929 bits per heavy atom. The summed E-state index contributed by atoms with van der Waals surface area (Å²) in [4.78, 5) is 0. The van der Waals surface area contributed by atoms with Gasteiger partial charge in [-0.3, -0.25) is 4.72 Å². The van der Waals surface area contributed by atoms with Crippen molar-refractivity contribution in [2.75, 3.05) is 11.0 Å². The lowest BCUT2D eigenvalue weighted by atomic mass is 9.92. The number of fused-ring (bicyclic) bond motifs is 2. The Kier molecular flexibility index (Phi) is 4.77. The highest BCUT2D eigenvalue weighted by Crippen LogP contribution is 2.36. The van der Waals surface area contributed by atoms with Crippen LogP contribution in [0.5, 0.6) is 0 Å². The van der Waals surface area contributed by atoms with Gasteiger partial charge in [0.1, 0.15) is 5.82 Å². The predicted octanol–water partition coefficient (Wildman–Crippen LogP) is 4.88. The smallest absolute Gasteiger partial charge is 0.229 e. The third-order valence-corrected chi connectivity index (χ3v) is 5.47. The quantitative estimate of drug-likeness (QED) is 0.689. The van der Waals surface area contributed by atoms with Gasteiger partial charge in [0.15, 0.2) is 0 Å².